The number of nitrogen functional groups attached to an aromatic ring is 1. The average Bonchev–Trinajstić information content (AvgIpc) is 2.80. The quantitative estimate of drug-likeness (QED) is 0.577. The van der Waals surface area contributed by atoms with Gasteiger partial charge in [-0.25, -0.2) is 4.98 Å². The van der Waals surface area contributed by atoms with E-state index in [-0.39, 0.29) is 0 Å². The fourth-order valence-electron chi connectivity index (χ4n) is 1.81. The normalized spacial score (nSPS) is 11.0. The van der Waals surface area contributed by atoms with Gasteiger partial charge in [-0.3, -0.25) is 0 Å². The van der Waals surface area contributed by atoms with E-state index in [2.05, 4.69) is 36.2 Å². The minimum absolute atomic E-state index is 0.682. The van der Waals surface area contributed by atoms with Crippen molar-refractivity contribution in [3.63, 3.8) is 0 Å². The highest BCUT2D eigenvalue weighted by molar-refractivity contribution is 7.98. The van der Waals surface area contributed by atoms with Crippen LogP contribution in [0.25, 0.3) is 11.1 Å². The molecule has 96 valence electrons. The molecule has 0 unspecified atom stereocenters. The van der Waals surface area contributed by atoms with Crippen molar-refractivity contribution in [2.24, 2.45) is 0 Å². The number of hydrogen-bond acceptors (Lipinski definition) is 4. The topological polar surface area (TPSA) is 52.0 Å². The standard InChI is InChI=1S/C15H14N2OS/c1-10-2-4-11(5-3-10)9-19-15-17-13-8-12(16)6-7-14(13)18-15/h2-8H,9,16H2,1H3. The van der Waals surface area contributed by atoms with Crippen LogP contribution in [0.3, 0.4) is 0 Å². The minimum atomic E-state index is 0.682. The molecular formula is C15H14N2OS. The third-order valence-electron chi connectivity index (χ3n) is 2.87. The van der Waals surface area contributed by atoms with Gasteiger partial charge in [0.15, 0.2) is 5.58 Å². The molecule has 3 rings (SSSR count). The van der Waals surface area contributed by atoms with Crippen LogP contribution in [0.2, 0.25) is 0 Å². The van der Waals surface area contributed by atoms with Crippen molar-refractivity contribution < 1.29 is 4.42 Å². The second-order valence-corrected chi connectivity index (χ2v) is 5.41. The molecule has 2 N–H and O–H groups in total. The van der Waals surface area contributed by atoms with Crippen molar-refractivity contribution in [3.05, 3.63) is 53.6 Å². The summed E-state index contributed by atoms with van der Waals surface area (Å²) in [5, 5.41) is 0.682. The summed E-state index contributed by atoms with van der Waals surface area (Å²) >= 11 is 1.59. The summed E-state index contributed by atoms with van der Waals surface area (Å²) in [4.78, 5) is 4.42. The Labute approximate surface area is 115 Å². The highest BCUT2D eigenvalue weighted by Crippen LogP contribution is 2.27. The van der Waals surface area contributed by atoms with Crippen LogP contribution < -0.4 is 5.73 Å². The number of oxazole rings is 1. The van der Waals surface area contributed by atoms with Gasteiger partial charge in [-0.2, -0.15) is 0 Å². The second-order valence-electron chi connectivity index (χ2n) is 4.48. The summed E-state index contributed by atoms with van der Waals surface area (Å²) in [7, 11) is 0. The van der Waals surface area contributed by atoms with Crippen molar-refractivity contribution >= 4 is 28.5 Å². The monoisotopic (exact) mass is 270 g/mol. The zero-order valence-corrected chi connectivity index (χ0v) is 11.4. The van der Waals surface area contributed by atoms with Crippen LogP contribution in [0.5, 0.6) is 0 Å². The molecule has 1 aromatic heterocycles. The number of fused-ring (bicyclic) bond motifs is 1. The molecule has 0 aliphatic carbocycles. The highest BCUT2D eigenvalue weighted by atomic mass is 32.2. The Morgan fingerprint density at radius 3 is 2.74 bits per heavy atom. The Morgan fingerprint density at radius 1 is 1.16 bits per heavy atom. The summed E-state index contributed by atoms with van der Waals surface area (Å²) in [5.41, 5.74) is 10.5. The van der Waals surface area contributed by atoms with E-state index in [0.29, 0.717) is 10.9 Å². The number of anilines is 1. The van der Waals surface area contributed by atoms with E-state index < -0.39 is 0 Å². The minimum Gasteiger partial charge on any atom is -0.431 e. The van der Waals surface area contributed by atoms with Gasteiger partial charge in [0.05, 0.1) is 0 Å². The molecule has 2 aromatic carbocycles. The van der Waals surface area contributed by atoms with Gasteiger partial charge in [-0.1, -0.05) is 41.6 Å². The molecule has 0 aliphatic heterocycles. The average molecular weight is 270 g/mol. The van der Waals surface area contributed by atoms with E-state index in [4.69, 9.17) is 10.2 Å². The van der Waals surface area contributed by atoms with Gasteiger partial charge in [-0.05, 0) is 30.7 Å². The molecule has 0 atom stereocenters. The van der Waals surface area contributed by atoms with E-state index in [0.717, 1.165) is 16.9 Å². The van der Waals surface area contributed by atoms with Crippen LogP contribution in [-0.4, -0.2) is 4.98 Å². The first-order valence-electron chi connectivity index (χ1n) is 6.05. The number of aromatic nitrogens is 1. The number of rotatable bonds is 3. The summed E-state index contributed by atoms with van der Waals surface area (Å²) in [6, 6.07) is 14.0. The van der Waals surface area contributed by atoms with E-state index in [9.17, 15) is 0 Å². The van der Waals surface area contributed by atoms with Crippen molar-refractivity contribution in [1.29, 1.82) is 0 Å². The lowest BCUT2D eigenvalue weighted by atomic mass is 10.2. The smallest absolute Gasteiger partial charge is 0.257 e. The number of nitrogens with zero attached hydrogens (tertiary/aromatic N) is 1. The molecule has 0 saturated carbocycles. The largest absolute Gasteiger partial charge is 0.431 e. The van der Waals surface area contributed by atoms with Crippen LogP contribution in [0.1, 0.15) is 11.1 Å². The molecule has 0 spiro atoms. The molecule has 3 aromatic rings. The number of benzene rings is 2. The van der Waals surface area contributed by atoms with E-state index in [1.165, 1.54) is 11.1 Å². The van der Waals surface area contributed by atoms with E-state index in [1.807, 2.05) is 18.2 Å². The molecule has 0 aliphatic rings. The molecule has 0 fully saturated rings. The third kappa shape index (κ3) is 2.74. The van der Waals surface area contributed by atoms with Crippen LogP contribution in [0, 0.1) is 6.92 Å². The van der Waals surface area contributed by atoms with Crippen LogP contribution in [0.4, 0.5) is 5.69 Å². The zero-order chi connectivity index (χ0) is 13.2. The van der Waals surface area contributed by atoms with Gasteiger partial charge in [0.25, 0.3) is 5.22 Å². The number of nitrogens with two attached hydrogens (primary N) is 1. The molecule has 0 saturated heterocycles. The number of hydrogen-bond donors (Lipinski definition) is 1. The van der Waals surface area contributed by atoms with Gasteiger partial charge in [0.1, 0.15) is 5.52 Å². The van der Waals surface area contributed by atoms with Gasteiger partial charge < -0.3 is 10.2 Å². The van der Waals surface area contributed by atoms with Gasteiger partial charge in [0.2, 0.25) is 0 Å². The maximum absolute atomic E-state index is 5.72. The molecule has 0 amide bonds. The first-order chi connectivity index (χ1) is 9.20. The van der Waals surface area contributed by atoms with Crippen LogP contribution in [0.15, 0.2) is 52.1 Å². The summed E-state index contributed by atoms with van der Waals surface area (Å²) in [5.74, 6) is 0.850. The van der Waals surface area contributed by atoms with Crippen LogP contribution >= 0.6 is 11.8 Å². The lowest BCUT2D eigenvalue weighted by molar-refractivity contribution is 0.489. The predicted octanol–water partition coefficient (Wildman–Crippen LogP) is 4.01. The highest BCUT2D eigenvalue weighted by Gasteiger charge is 2.06. The Morgan fingerprint density at radius 2 is 1.95 bits per heavy atom. The van der Waals surface area contributed by atoms with Crippen LogP contribution in [-0.2, 0) is 5.75 Å². The van der Waals surface area contributed by atoms with Crippen molar-refractivity contribution in [3.8, 4) is 0 Å². The van der Waals surface area contributed by atoms with Gasteiger partial charge in [-0.15, -0.1) is 0 Å². The number of thioether (sulfide) groups is 1. The van der Waals surface area contributed by atoms with E-state index in [1.54, 1.807) is 11.8 Å². The second kappa shape index (κ2) is 4.97. The SMILES string of the molecule is Cc1ccc(CSc2nc3cc(N)ccc3o2)cc1. The van der Waals surface area contributed by atoms with Gasteiger partial charge in [0, 0.05) is 11.4 Å². The first-order valence-corrected chi connectivity index (χ1v) is 7.04. The Balaban J connectivity index is 1.76. The van der Waals surface area contributed by atoms with Crippen molar-refractivity contribution in [1.82, 2.24) is 4.98 Å². The zero-order valence-electron chi connectivity index (χ0n) is 10.6. The maximum Gasteiger partial charge on any atom is 0.257 e. The van der Waals surface area contributed by atoms with E-state index >= 15 is 0 Å². The molecule has 19 heavy (non-hydrogen) atoms. The predicted molar refractivity (Wildman–Crippen MR) is 79.2 cm³/mol. The summed E-state index contributed by atoms with van der Waals surface area (Å²) < 4.78 is 5.66. The maximum atomic E-state index is 5.72. The molecule has 0 bridgehead atoms. The Hall–Kier alpha value is -1.94. The summed E-state index contributed by atoms with van der Waals surface area (Å²) in [6.45, 7) is 2.09. The first kappa shape index (κ1) is 12.1. The molecule has 4 heteroatoms. The Kier molecular flexibility index (Phi) is 3.17. The van der Waals surface area contributed by atoms with Crippen molar-refractivity contribution in [2.45, 2.75) is 17.9 Å². The molecule has 0 radical (unpaired) electrons. The van der Waals surface area contributed by atoms with Gasteiger partial charge >= 0.3 is 0 Å². The fraction of sp³-hybridized carbons (Fsp3) is 0.133. The molecule has 1 heterocycles. The lowest BCUT2D eigenvalue weighted by Gasteiger charge is -1.98. The third-order valence-corrected chi connectivity index (χ3v) is 3.77. The molecular weight excluding hydrogens is 256 g/mol. The summed E-state index contributed by atoms with van der Waals surface area (Å²) in [6.07, 6.45) is 0. The lowest BCUT2D eigenvalue weighted by Crippen LogP contribution is -1.82. The Bertz CT molecular complexity index is 704. The molecule has 3 nitrogen and oxygen atoms in total. The van der Waals surface area contributed by atoms with Crippen molar-refractivity contribution in [2.75, 3.05) is 5.73 Å². The number of aryl methyl sites for hydroxylation is 1. The fourth-order valence-corrected chi connectivity index (χ4v) is 2.61.